The van der Waals surface area contributed by atoms with Crippen molar-refractivity contribution in [3.8, 4) is 11.5 Å². The van der Waals surface area contributed by atoms with Gasteiger partial charge in [0.1, 0.15) is 0 Å². The summed E-state index contributed by atoms with van der Waals surface area (Å²) in [7, 11) is 0. The molecule has 2 aliphatic carbocycles. The lowest BCUT2D eigenvalue weighted by molar-refractivity contribution is 0.200. The van der Waals surface area contributed by atoms with E-state index in [1.807, 2.05) is 18.2 Å². The molecule has 2 aliphatic rings. The molecule has 0 bridgehead atoms. The fourth-order valence-corrected chi connectivity index (χ4v) is 3.89. The summed E-state index contributed by atoms with van der Waals surface area (Å²) in [6, 6.07) is 6.08. The minimum Gasteiger partial charge on any atom is -0.550 e. The zero-order valence-corrected chi connectivity index (χ0v) is 14.4. The van der Waals surface area contributed by atoms with Crippen LogP contribution in [0.4, 0.5) is 0 Å². The van der Waals surface area contributed by atoms with E-state index in [0.29, 0.717) is 0 Å². The average molecular weight is 315 g/mol. The van der Waals surface area contributed by atoms with Crippen LogP contribution in [0.1, 0.15) is 69.8 Å². The van der Waals surface area contributed by atoms with Gasteiger partial charge in [-0.1, -0.05) is 44.6 Å². The zero-order valence-electron chi connectivity index (χ0n) is 14.4. The average Bonchev–Trinajstić information content (AvgIpc) is 2.62. The van der Waals surface area contributed by atoms with E-state index in [-0.39, 0.29) is 0 Å². The summed E-state index contributed by atoms with van der Waals surface area (Å²) >= 11 is 0. The molecule has 2 heteroatoms. The van der Waals surface area contributed by atoms with E-state index < -0.39 is 0 Å². The van der Waals surface area contributed by atoms with Crippen LogP contribution in [-0.4, -0.2) is 13.2 Å². The van der Waals surface area contributed by atoms with Crippen molar-refractivity contribution in [2.45, 2.75) is 64.2 Å². The topological polar surface area (TPSA) is 18.5 Å². The molecule has 0 amide bonds. The highest BCUT2D eigenvalue weighted by atomic mass is 16.5. The van der Waals surface area contributed by atoms with Crippen molar-refractivity contribution >= 4 is 0 Å². The molecule has 0 unspecified atom stereocenters. The molecule has 0 aliphatic heterocycles. The summed E-state index contributed by atoms with van der Waals surface area (Å²) in [5, 5.41) is 0. The Labute approximate surface area is 141 Å². The van der Waals surface area contributed by atoms with Gasteiger partial charge in [0, 0.05) is 5.75 Å². The first-order chi connectivity index (χ1) is 11.3. The lowest BCUT2D eigenvalue weighted by Gasteiger charge is -2.26. The summed E-state index contributed by atoms with van der Waals surface area (Å²) in [5.74, 6) is 3.28. The van der Waals surface area contributed by atoms with Crippen molar-refractivity contribution in [2.75, 3.05) is 13.2 Å². The van der Waals surface area contributed by atoms with Crippen LogP contribution in [0.5, 0.6) is 11.5 Å². The predicted octanol–water partition coefficient (Wildman–Crippen LogP) is 5.79. The first-order valence-electron chi connectivity index (χ1n) is 9.53. The van der Waals surface area contributed by atoms with E-state index in [9.17, 15) is 0 Å². The second-order valence-corrected chi connectivity index (χ2v) is 7.40. The van der Waals surface area contributed by atoms with Gasteiger partial charge in [0.15, 0.2) is 0 Å². The summed E-state index contributed by atoms with van der Waals surface area (Å²) in [5.41, 5.74) is 0.964. The van der Waals surface area contributed by atoms with Gasteiger partial charge in [0.2, 0.25) is 0 Å². The van der Waals surface area contributed by atoms with Gasteiger partial charge in [-0.25, -0.2) is 0 Å². The summed E-state index contributed by atoms with van der Waals surface area (Å²) in [6.45, 7) is 5.77. The minimum absolute atomic E-state index is 0.718. The quantitative estimate of drug-likeness (QED) is 0.619. The van der Waals surface area contributed by atoms with Crippen LogP contribution in [0.15, 0.2) is 18.2 Å². The molecule has 1 aromatic carbocycles. The second-order valence-electron chi connectivity index (χ2n) is 7.40. The molecule has 2 nitrogen and oxygen atoms in total. The summed E-state index contributed by atoms with van der Waals surface area (Å²) < 4.78 is 12.1. The third kappa shape index (κ3) is 5.09. The molecule has 0 saturated heterocycles. The van der Waals surface area contributed by atoms with Crippen LogP contribution in [0.2, 0.25) is 0 Å². The number of hydrogen-bond acceptors (Lipinski definition) is 2. The first-order valence-corrected chi connectivity index (χ1v) is 9.53. The fourth-order valence-electron chi connectivity index (χ4n) is 3.89. The van der Waals surface area contributed by atoms with E-state index in [0.717, 1.165) is 42.1 Å². The Kier molecular flexibility index (Phi) is 6.13. The molecular weight excluding hydrogens is 284 g/mol. The van der Waals surface area contributed by atoms with Crippen molar-refractivity contribution in [1.82, 2.24) is 0 Å². The maximum Gasteiger partial charge on any atom is 0.0983 e. The maximum atomic E-state index is 6.07. The van der Waals surface area contributed by atoms with E-state index in [4.69, 9.17) is 9.47 Å². The Balaban J connectivity index is 1.50. The Bertz CT molecular complexity index is 471. The Morgan fingerprint density at radius 1 is 0.783 bits per heavy atom. The number of rotatable bonds is 6. The smallest absolute Gasteiger partial charge is 0.0983 e. The molecule has 1 aromatic rings. The molecule has 23 heavy (non-hydrogen) atoms. The molecule has 3 rings (SSSR count). The zero-order chi connectivity index (χ0) is 15.9. The van der Waals surface area contributed by atoms with Gasteiger partial charge in [0.25, 0.3) is 0 Å². The summed E-state index contributed by atoms with van der Waals surface area (Å²) in [6.07, 6.45) is 13.5. The number of benzene rings is 1. The van der Waals surface area contributed by atoms with E-state index in [1.54, 1.807) is 0 Å². The van der Waals surface area contributed by atoms with Crippen LogP contribution in [-0.2, 0) is 0 Å². The van der Waals surface area contributed by atoms with Gasteiger partial charge in [-0.3, -0.25) is 0 Å². The van der Waals surface area contributed by atoms with Crippen molar-refractivity contribution in [3.05, 3.63) is 30.7 Å². The van der Waals surface area contributed by atoms with Gasteiger partial charge in [-0.15, -0.1) is 0 Å². The molecule has 0 heterocycles. The molecule has 0 spiro atoms. The van der Waals surface area contributed by atoms with Gasteiger partial charge in [-0.2, -0.15) is 18.6 Å². The molecule has 0 aromatic heterocycles. The monoisotopic (exact) mass is 315 g/mol. The second kappa shape index (κ2) is 8.52. The van der Waals surface area contributed by atoms with Crippen molar-refractivity contribution in [2.24, 2.45) is 11.8 Å². The van der Waals surface area contributed by atoms with Gasteiger partial charge < -0.3 is 9.47 Å². The molecule has 2 fully saturated rings. The normalized spacial score (nSPS) is 20.3. The molecule has 0 atom stereocenters. The van der Waals surface area contributed by atoms with E-state index in [2.05, 4.69) is 6.92 Å². The highest BCUT2D eigenvalue weighted by molar-refractivity contribution is 5.42. The fraction of sp³-hybridized carbons (Fsp3) is 0.667. The Hall–Kier alpha value is -1.31. The molecule has 128 valence electrons. The molecule has 0 radical (unpaired) electrons. The SMILES string of the molecule is [CH2-]c1ccc(OCC2CCCCC2)cc1OCC1CCCCC1. The van der Waals surface area contributed by atoms with E-state index in [1.165, 1.54) is 64.2 Å². The van der Waals surface area contributed by atoms with Crippen molar-refractivity contribution in [1.29, 1.82) is 0 Å². The van der Waals surface area contributed by atoms with Crippen LogP contribution in [0.25, 0.3) is 0 Å². The molecule has 0 N–H and O–H groups in total. The highest BCUT2D eigenvalue weighted by Crippen LogP contribution is 2.29. The lowest BCUT2D eigenvalue weighted by atomic mass is 9.90. The third-order valence-electron chi connectivity index (χ3n) is 5.45. The highest BCUT2D eigenvalue weighted by Gasteiger charge is 2.15. The first kappa shape index (κ1) is 16.5. The molecule has 2 saturated carbocycles. The van der Waals surface area contributed by atoms with Gasteiger partial charge in [0.05, 0.1) is 19.0 Å². The summed E-state index contributed by atoms with van der Waals surface area (Å²) in [4.78, 5) is 0. The van der Waals surface area contributed by atoms with Gasteiger partial charge >= 0.3 is 0 Å². The Morgan fingerprint density at radius 2 is 1.35 bits per heavy atom. The van der Waals surface area contributed by atoms with Gasteiger partial charge in [-0.05, 0) is 43.6 Å². The van der Waals surface area contributed by atoms with Crippen molar-refractivity contribution < 1.29 is 9.47 Å². The largest absolute Gasteiger partial charge is 0.550 e. The molecular formula is C21H31O2-. The predicted molar refractivity (Wildman–Crippen MR) is 95.0 cm³/mol. The number of ether oxygens (including phenoxy) is 2. The minimum atomic E-state index is 0.718. The van der Waals surface area contributed by atoms with E-state index >= 15 is 0 Å². The van der Waals surface area contributed by atoms with Crippen molar-refractivity contribution in [3.63, 3.8) is 0 Å². The Morgan fingerprint density at radius 3 is 1.96 bits per heavy atom. The maximum absolute atomic E-state index is 6.07. The van der Waals surface area contributed by atoms with Crippen LogP contribution < -0.4 is 9.47 Å². The van der Waals surface area contributed by atoms with Crippen LogP contribution >= 0.6 is 0 Å². The number of hydrogen-bond donors (Lipinski definition) is 0. The standard InChI is InChI=1S/C21H31O2/c1-17-12-13-20(22-15-18-8-4-2-5-9-18)14-21(17)23-16-19-10-6-3-7-11-19/h12-14,18-19H,1-11,15-16H2/q-1. The van der Waals surface area contributed by atoms with Crippen LogP contribution in [0, 0.1) is 18.8 Å². The van der Waals surface area contributed by atoms with Crippen LogP contribution in [0.3, 0.4) is 0 Å². The third-order valence-corrected chi connectivity index (χ3v) is 5.45. The lowest BCUT2D eigenvalue weighted by Crippen LogP contribution is -2.16.